The Bertz CT molecular complexity index is 1100. The van der Waals surface area contributed by atoms with Crippen molar-refractivity contribution < 1.29 is 19.4 Å². The average Bonchev–Trinajstić information content (AvgIpc) is 3.27. The van der Waals surface area contributed by atoms with Crippen LogP contribution in [0.1, 0.15) is 17.0 Å². The van der Waals surface area contributed by atoms with Crippen LogP contribution in [0.5, 0.6) is 11.5 Å². The Morgan fingerprint density at radius 1 is 1.31 bits per heavy atom. The number of rotatable bonds is 2. The van der Waals surface area contributed by atoms with Crippen molar-refractivity contribution >= 4 is 22.6 Å². The molecule has 2 aromatic carbocycles. The van der Waals surface area contributed by atoms with E-state index in [1.165, 1.54) is 7.11 Å². The number of hydrogen-bond acceptors (Lipinski definition) is 6. The van der Waals surface area contributed by atoms with Gasteiger partial charge in [0.05, 0.1) is 30.1 Å². The number of carbonyl (C=O) groups excluding carboxylic acids is 1. The average molecular weight is 349 g/mol. The third-order valence-corrected chi connectivity index (χ3v) is 4.95. The number of benzene rings is 2. The van der Waals surface area contributed by atoms with E-state index in [1.807, 2.05) is 12.1 Å². The first-order valence-electron chi connectivity index (χ1n) is 8.17. The number of anilines is 1. The molecule has 1 aromatic heterocycles. The number of H-pyrrole nitrogens is 1. The van der Waals surface area contributed by atoms with Gasteiger partial charge in [-0.15, -0.1) is 0 Å². The lowest BCUT2D eigenvalue weighted by molar-refractivity contribution is -0.136. The van der Waals surface area contributed by atoms with Crippen molar-refractivity contribution in [2.75, 3.05) is 19.0 Å². The Kier molecular flexibility index (Phi) is 3.00. The lowest BCUT2D eigenvalue weighted by Gasteiger charge is -2.28. The number of aromatic nitrogens is 2. The summed E-state index contributed by atoms with van der Waals surface area (Å²) < 4.78 is 10.5. The van der Waals surface area contributed by atoms with Crippen LogP contribution < -0.4 is 10.1 Å². The molecular formula is C19H15N3O4. The smallest absolute Gasteiger partial charge is 0.337 e. The number of aromatic amines is 1. The topological polar surface area (TPSA) is 96.5 Å². The molecule has 7 nitrogen and oxygen atoms in total. The molecule has 0 radical (unpaired) electrons. The molecule has 0 fully saturated rings. The van der Waals surface area contributed by atoms with Gasteiger partial charge in [-0.25, -0.2) is 4.79 Å². The van der Waals surface area contributed by atoms with E-state index in [0.29, 0.717) is 11.3 Å². The summed E-state index contributed by atoms with van der Waals surface area (Å²) in [6, 6.07) is 9.07. The van der Waals surface area contributed by atoms with Gasteiger partial charge in [0.25, 0.3) is 0 Å². The van der Waals surface area contributed by atoms with E-state index < -0.39 is 0 Å². The fraction of sp³-hybridized carbons (Fsp3) is 0.158. The largest absolute Gasteiger partial charge is 0.504 e. The third kappa shape index (κ3) is 1.94. The Balaban J connectivity index is 1.81. The number of phenolic OH excluding ortho intramolecular Hbond substituents is 1. The minimum absolute atomic E-state index is 0.0494. The number of nitrogens with one attached hydrogen (secondary N) is 2. The number of ether oxygens (including phenoxy) is 2. The van der Waals surface area contributed by atoms with E-state index in [2.05, 4.69) is 15.5 Å². The lowest BCUT2D eigenvalue weighted by atomic mass is 9.80. The van der Waals surface area contributed by atoms with Crippen molar-refractivity contribution in [3.05, 3.63) is 58.9 Å². The van der Waals surface area contributed by atoms with E-state index in [9.17, 15) is 9.90 Å². The molecule has 1 atom stereocenters. The van der Waals surface area contributed by atoms with Crippen LogP contribution in [-0.4, -0.2) is 35.0 Å². The van der Waals surface area contributed by atoms with Gasteiger partial charge in [0.15, 0.2) is 11.5 Å². The molecule has 130 valence electrons. The molecule has 0 saturated carbocycles. The van der Waals surface area contributed by atoms with E-state index in [0.717, 1.165) is 33.4 Å². The molecular weight excluding hydrogens is 334 g/mol. The van der Waals surface area contributed by atoms with Crippen LogP contribution in [0.15, 0.2) is 47.8 Å². The fourth-order valence-electron chi connectivity index (χ4n) is 3.77. The van der Waals surface area contributed by atoms with Gasteiger partial charge >= 0.3 is 5.97 Å². The molecule has 3 heterocycles. The van der Waals surface area contributed by atoms with Crippen LogP contribution in [0.3, 0.4) is 0 Å². The summed E-state index contributed by atoms with van der Waals surface area (Å²) in [7, 11) is 1.50. The zero-order chi connectivity index (χ0) is 17.8. The molecule has 3 N–H and O–H groups in total. The van der Waals surface area contributed by atoms with E-state index >= 15 is 0 Å². The summed E-state index contributed by atoms with van der Waals surface area (Å²) in [6.07, 6.45) is 1.75. The molecule has 7 heteroatoms. The number of methoxy groups -OCH3 is 1. The van der Waals surface area contributed by atoms with Gasteiger partial charge in [-0.05, 0) is 29.8 Å². The number of hydrogen-bond donors (Lipinski definition) is 3. The Morgan fingerprint density at radius 3 is 3.04 bits per heavy atom. The van der Waals surface area contributed by atoms with Crippen LogP contribution in [-0.2, 0) is 9.53 Å². The molecule has 5 rings (SSSR count). The second-order valence-corrected chi connectivity index (χ2v) is 6.32. The van der Waals surface area contributed by atoms with E-state index in [1.54, 1.807) is 24.4 Å². The molecule has 26 heavy (non-hydrogen) atoms. The molecule has 0 aliphatic carbocycles. The SMILES string of the molecule is COc1cc(C2C3=C(COC3=O)Nc3ccc4cn[nH]c4c32)ccc1O. The van der Waals surface area contributed by atoms with Crippen molar-refractivity contribution in [2.45, 2.75) is 5.92 Å². The Hall–Kier alpha value is -3.48. The number of phenols is 1. The number of aromatic hydroxyl groups is 1. The first-order valence-corrected chi connectivity index (χ1v) is 8.17. The van der Waals surface area contributed by atoms with Crippen LogP contribution in [0.25, 0.3) is 10.9 Å². The monoisotopic (exact) mass is 349 g/mol. The number of esters is 1. The standard InChI is InChI=1S/C19H15N3O4/c1-25-14-6-9(3-5-13(14)23)15-16-11(4-2-10-7-20-22-18(10)16)21-12-8-26-19(24)17(12)15/h2-7,15,21,23H,8H2,1H3,(H,20,22). The van der Waals surface area contributed by atoms with Gasteiger partial charge in [-0.2, -0.15) is 5.10 Å². The first-order chi connectivity index (χ1) is 12.7. The van der Waals surface area contributed by atoms with E-state index in [4.69, 9.17) is 9.47 Å². The predicted molar refractivity (Wildman–Crippen MR) is 94.2 cm³/mol. The second-order valence-electron chi connectivity index (χ2n) is 6.32. The molecule has 0 bridgehead atoms. The van der Waals surface area contributed by atoms with Crippen LogP contribution in [0.4, 0.5) is 5.69 Å². The van der Waals surface area contributed by atoms with E-state index in [-0.39, 0.29) is 24.2 Å². The summed E-state index contributed by atoms with van der Waals surface area (Å²) >= 11 is 0. The summed E-state index contributed by atoms with van der Waals surface area (Å²) in [5, 5.41) is 21.4. The summed E-state index contributed by atoms with van der Waals surface area (Å²) in [4.78, 5) is 12.5. The molecule has 3 aromatic rings. The molecule has 0 saturated heterocycles. The normalized spacial score (nSPS) is 18.3. The number of carbonyl (C=O) groups is 1. The number of fused-ring (bicyclic) bond motifs is 3. The molecule has 0 spiro atoms. The number of nitrogens with zero attached hydrogens (tertiary/aromatic N) is 1. The minimum Gasteiger partial charge on any atom is -0.504 e. The van der Waals surface area contributed by atoms with Crippen LogP contribution in [0.2, 0.25) is 0 Å². The van der Waals surface area contributed by atoms with Gasteiger partial charge in [0.2, 0.25) is 0 Å². The second kappa shape index (κ2) is 5.26. The van der Waals surface area contributed by atoms with Crippen molar-refractivity contribution in [1.82, 2.24) is 10.2 Å². The molecule has 2 aliphatic rings. The summed E-state index contributed by atoms with van der Waals surface area (Å²) in [6.45, 7) is 0.223. The summed E-state index contributed by atoms with van der Waals surface area (Å²) in [5.41, 5.74) is 4.85. The quantitative estimate of drug-likeness (QED) is 0.616. The summed E-state index contributed by atoms with van der Waals surface area (Å²) in [5.74, 6) is -0.289. The minimum atomic E-state index is -0.352. The van der Waals surface area contributed by atoms with Crippen molar-refractivity contribution in [2.24, 2.45) is 0 Å². The zero-order valence-corrected chi connectivity index (χ0v) is 13.9. The third-order valence-electron chi connectivity index (χ3n) is 4.95. The van der Waals surface area contributed by atoms with Gasteiger partial charge in [-0.3, -0.25) is 5.10 Å². The zero-order valence-electron chi connectivity index (χ0n) is 13.9. The maximum Gasteiger partial charge on any atom is 0.337 e. The highest BCUT2D eigenvalue weighted by atomic mass is 16.5. The molecule has 2 aliphatic heterocycles. The van der Waals surface area contributed by atoms with Gasteiger partial charge in [0.1, 0.15) is 6.61 Å². The van der Waals surface area contributed by atoms with Crippen LogP contribution in [0, 0.1) is 0 Å². The highest BCUT2D eigenvalue weighted by Crippen LogP contribution is 2.47. The van der Waals surface area contributed by atoms with Crippen molar-refractivity contribution in [1.29, 1.82) is 0 Å². The Labute approximate surface area is 148 Å². The van der Waals surface area contributed by atoms with Crippen molar-refractivity contribution in [3.8, 4) is 11.5 Å². The first kappa shape index (κ1) is 14.8. The van der Waals surface area contributed by atoms with Gasteiger partial charge in [-0.1, -0.05) is 6.07 Å². The van der Waals surface area contributed by atoms with Crippen LogP contribution >= 0.6 is 0 Å². The molecule has 1 unspecified atom stereocenters. The number of cyclic esters (lactones) is 1. The van der Waals surface area contributed by atoms with Gasteiger partial charge < -0.3 is 19.9 Å². The maximum absolute atomic E-state index is 12.5. The Morgan fingerprint density at radius 2 is 2.19 bits per heavy atom. The highest BCUT2D eigenvalue weighted by molar-refractivity contribution is 6.00. The fourth-order valence-corrected chi connectivity index (χ4v) is 3.77. The van der Waals surface area contributed by atoms with Crippen molar-refractivity contribution in [3.63, 3.8) is 0 Å². The van der Waals surface area contributed by atoms with Gasteiger partial charge in [0, 0.05) is 22.6 Å². The lowest BCUT2D eigenvalue weighted by Crippen LogP contribution is -2.20. The highest BCUT2D eigenvalue weighted by Gasteiger charge is 2.39. The maximum atomic E-state index is 12.5. The molecule has 0 amide bonds. The predicted octanol–water partition coefficient (Wildman–Crippen LogP) is 2.65.